The van der Waals surface area contributed by atoms with Crippen LogP contribution in [0.25, 0.3) is 11.1 Å². The molecule has 0 spiro atoms. The molecule has 0 saturated carbocycles. The Morgan fingerprint density at radius 3 is 2.63 bits per heavy atom. The Balaban J connectivity index is 1.50. The Morgan fingerprint density at radius 1 is 1.15 bits per heavy atom. The molecule has 2 aromatic carbocycles. The van der Waals surface area contributed by atoms with E-state index in [2.05, 4.69) is 4.98 Å². The van der Waals surface area contributed by atoms with E-state index in [9.17, 15) is 4.79 Å². The van der Waals surface area contributed by atoms with Crippen LogP contribution in [0.2, 0.25) is 5.02 Å². The highest BCUT2D eigenvalue weighted by atomic mass is 35.5. The maximum absolute atomic E-state index is 11.5. The number of hydrogen-bond acceptors (Lipinski definition) is 6. The minimum atomic E-state index is -0.264. The monoisotopic (exact) mass is 389 g/mol. The number of nitrogens with zero attached hydrogens (tertiary/aromatic N) is 1. The lowest BCUT2D eigenvalue weighted by molar-refractivity contribution is -0.145. The number of hydrogen-bond donors (Lipinski definition) is 0. The van der Waals surface area contributed by atoms with E-state index in [-0.39, 0.29) is 25.1 Å². The molecule has 0 saturated heterocycles. The molecule has 0 bridgehead atoms. The normalized spacial score (nSPS) is 11.0. The number of ether oxygens (including phenoxy) is 3. The first-order valence-electron chi connectivity index (χ1n) is 8.62. The summed E-state index contributed by atoms with van der Waals surface area (Å²) in [5.74, 6) is 1.24. The van der Waals surface area contributed by atoms with Gasteiger partial charge in [0.1, 0.15) is 17.0 Å². The first-order valence-corrected chi connectivity index (χ1v) is 9.00. The third-order valence-electron chi connectivity index (χ3n) is 3.51. The fourth-order valence-corrected chi connectivity index (χ4v) is 2.37. The molecule has 27 heavy (non-hydrogen) atoms. The van der Waals surface area contributed by atoms with Crippen LogP contribution < -0.4 is 9.47 Å². The minimum absolute atomic E-state index is 0.133. The molecule has 1 heterocycles. The third-order valence-corrected chi connectivity index (χ3v) is 3.75. The van der Waals surface area contributed by atoms with Crippen molar-refractivity contribution in [1.29, 1.82) is 0 Å². The maximum atomic E-state index is 11.5. The maximum Gasteiger partial charge on any atom is 0.400 e. The number of benzene rings is 2. The molecule has 0 aliphatic heterocycles. The Kier molecular flexibility index (Phi) is 6.19. The van der Waals surface area contributed by atoms with Crippen molar-refractivity contribution in [3.05, 3.63) is 47.5 Å². The summed E-state index contributed by atoms with van der Waals surface area (Å²) >= 11 is 5.93. The lowest BCUT2D eigenvalue weighted by Gasteiger charge is -2.08. The van der Waals surface area contributed by atoms with E-state index in [1.807, 2.05) is 13.8 Å². The lowest BCUT2D eigenvalue weighted by Crippen LogP contribution is -2.13. The molecule has 0 atom stereocenters. The van der Waals surface area contributed by atoms with E-state index in [1.165, 1.54) is 0 Å². The highest BCUT2D eigenvalue weighted by molar-refractivity contribution is 6.31. The van der Waals surface area contributed by atoms with Crippen LogP contribution in [-0.4, -0.2) is 24.2 Å². The predicted molar refractivity (Wildman–Crippen MR) is 101 cm³/mol. The van der Waals surface area contributed by atoms with E-state index in [1.54, 1.807) is 42.5 Å². The van der Waals surface area contributed by atoms with Crippen molar-refractivity contribution in [1.82, 2.24) is 4.98 Å². The Labute approximate surface area is 162 Å². The summed E-state index contributed by atoms with van der Waals surface area (Å²) in [7, 11) is 0. The fourth-order valence-electron chi connectivity index (χ4n) is 2.21. The van der Waals surface area contributed by atoms with Crippen molar-refractivity contribution in [3.63, 3.8) is 0 Å². The van der Waals surface area contributed by atoms with E-state index in [4.69, 9.17) is 30.2 Å². The van der Waals surface area contributed by atoms with Gasteiger partial charge >= 0.3 is 12.0 Å². The standard InChI is InChI=1S/C20H20ClNO5/c1-13(2)12-25-19(23)9-10-24-15-4-6-16(7-5-15)26-20-22-17-8-3-14(21)11-18(17)27-20/h3-8,11,13H,9-10,12H2,1-2H3. The van der Waals surface area contributed by atoms with Crippen molar-refractivity contribution < 1.29 is 23.4 Å². The van der Waals surface area contributed by atoms with Crippen LogP contribution in [0.1, 0.15) is 20.3 Å². The third kappa shape index (κ3) is 5.62. The quantitative estimate of drug-likeness (QED) is 0.490. The number of esters is 1. The van der Waals surface area contributed by atoms with Gasteiger partial charge in [-0.1, -0.05) is 25.4 Å². The molecule has 0 unspecified atom stereocenters. The second kappa shape index (κ2) is 8.77. The van der Waals surface area contributed by atoms with Crippen molar-refractivity contribution in [3.8, 4) is 17.6 Å². The zero-order chi connectivity index (χ0) is 19.2. The first kappa shape index (κ1) is 19.0. The van der Waals surface area contributed by atoms with Crippen LogP contribution in [-0.2, 0) is 9.53 Å². The highest BCUT2D eigenvalue weighted by Gasteiger charge is 2.09. The molecule has 142 valence electrons. The second-order valence-electron chi connectivity index (χ2n) is 6.34. The van der Waals surface area contributed by atoms with Crippen LogP contribution in [0.4, 0.5) is 0 Å². The van der Waals surface area contributed by atoms with E-state index >= 15 is 0 Å². The number of carbonyl (C=O) groups excluding carboxylic acids is 1. The van der Waals surface area contributed by atoms with Gasteiger partial charge in [-0.3, -0.25) is 4.79 Å². The zero-order valence-corrected chi connectivity index (χ0v) is 15.9. The zero-order valence-electron chi connectivity index (χ0n) is 15.1. The van der Waals surface area contributed by atoms with Crippen LogP contribution >= 0.6 is 11.6 Å². The van der Waals surface area contributed by atoms with E-state index in [0.717, 1.165) is 0 Å². The van der Waals surface area contributed by atoms with Gasteiger partial charge in [-0.15, -0.1) is 0 Å². The summed E-state index contributed by atoms with van der Waals surface area (Å²) in [6.45, 7) is 4.66. The largest absolute Gasteiger partial charge is 0.493 e. The van der Waals surface area contributed by atoms with Gasteiger partial charge in [0.2, 0.25) is 0 Å². The average Bonchev–Trinajstić information content (AvgIpc) is 3.02. The van der Waals surface area contributed by atoms with Gasteiger partial charge in [-0.05, 0) is 42.3 Å². The summed E-state index contributed by atoms with van der Waals surface area (Å²) < 4.78 is 21.8. The molecule has 0 fully saturated rings. The molecule has 7 heteroatoms. The molecule has 3 rings (SSSR count). The van der Waals surface area contributed by atoms with Gasteiger partial charge < -0.3 is 18.6 Å². The molecule has 6 nitrogen and oxygen atoms in total. The summed E-state index contributed by atoms with van der Waals surface area (Å²) in [6, 6.07) is 12.1. The van der Waals surface area contributed by atoms with Crippen molar-refractivity contribution in [2.24, 2.45) is 5.92 Å². The van der Waals surface area contributed by atoms with Crippen LogP contribution in [0.3, 0.4) is 0 Å². The molecule has 0 aliphatic rings. The molecular weight excluding hydrogens is 370 g/mol. The number of aromatic nitrogens is 1. The molecule has 0 radical (unpaired) electrons. The number of halogens is 1. The van der Waals surface area contributed by atoms with Gasteiger partial charge in [0.25, 0.3) is 0 Å². The van der Waals surface area contributed by atoms with Crippen molar-refractivity contribution in [2.75, 3.05) is 13.2 Å². The SMILES string of the molecule is CC(C)COC(=O)CCOc1ccc(Oc2nc3ccc(Cl)cc3o2)cc1. The minimum Gasteiger partial charge on any atom is -0.493 e. The van der Waals surface area contributed by atoms with E-state index < -0.39 is 0 Å². The molecule has 1 aromatic heterocycles. The first-order chi connectivity index (χ1) is 13.0. The lowest BCUT2D eigenvalue weighted by atomic mass is 10.2. The number of rotatable bonds is 8. The van der Waals surface area contributed by atoms with Crippen LogP contribution in [0, 0.1) is 5.92 Å². The van der Waals surface area contributed by atoms with Gasteiger partial charge in [-0.2, -0.15) is 4.98 Å². The van der Waals surface area contributed by atoms with Crippen molar-refractivity contribution in [2.45, 2.75) is 20.3 Å². The number of fused-ring (bicyclic) bond motifs is 1. The second-order valence-corrected chi connectivity index (χ2v) is 6.78. The predicted octanol–water partition coefficient (Wildman–Crippen LogP) is 5.24. The van der Waals surface area contributed by atoms with E-state index in [0.29, 0.717) is 40.1 Å². The fraction of sp³-hybridized carbons (Fsp3) is 0.300. The van der Waals surface area contributed by atoms with Crippen LogP contribution in [0.5, 0.6) is 17.6 Å². The molecule has 3 aromatic rings. The van der Waals surface area contributed by atoms with Crippen LogP contribution in [0.15, 0.2) is 46.9 Å². The van der Waals surface area contributed by atoms with Crippen molar-refractivity contribution >= 4 is 28.7 Å². The molecule has 0 aliphatic carbocycles. The van der Waals surface area contributed by atoms with Gasteiger partial charge in [0.15, 0.2) is 5.58 Å². The van der Waals surface area contributed by atoms with Gasteiger partial charge in [0.05, 0.1) is 19.6 Å². The topological polar surface area (TPSA) is 70.8 Å². The Hall–Kier alpha value is -2.73. The Morgan fingerprint density at radius 2 is 1.89 bits per heavy atom. The summed E-state index contributed by atoms with van der Waals surface area (Å²) in [6.07, 6.45) is 0.338. The molecule has 0 N–H and O–H groups in total. The van der Waals surface area contributed by atoms with Gasteiger partial charge in [-0.25, -0.2) is 0 Å². The summed E-state index contributed by atoms with van der Waals surface area (Å²) in [4.78, 5) is 15.8. The smallest absolute Gasteiger partial charge is 0.400 e. The number of oxazole rings is 1. The average molecular weight is 390 g/mol. The highest BCUT2D eigenvalue weighted by Crippen LogP contribution is 2.28. The molecule has 0 amide bonds. The summed E-state index contributed by atoms with van der Waals surface area (Å²) in [5.41, 5.74) is 1.22. The number of carbonyl (C=O) groups is 1. The van der Waals surface area contributed by atoms with Gasteiger partial charge in [0, 0.05) is 11.1 Å². The molecular formula is C20H20ClNO5. The summed E-state index contributed by atoms with van der Waals surface area (Å²) in [5, 5.41) is 0.569. The Bertz CT molecular complexity index is 904.